The number of carbonyl (C=O) groups is 5. The van der Waals surface area contributed by atoms with E-state index in [0.717, 1.165) is 23.1 Å². The molecule has 1 aromatic heterocycles. The van der Waals surface area contributed by atoms with E-state index >= 15 is 0 Å². The van der Waals surface area contributed by atoms with Crippen LogP contribution in [0, 0.1) is 13.8 Å². The fourth-order valence-electron chi connectivity index (χ4n) is 6.69. The first-order chi connectivity index (χ1) is 31.7. The van der Waals surface area contributed by atoms with Gasteiger partial charge in [0, 0.05) is 60.3 Å². The smallest absolute Gasteiger partial charge is 0.487 e. The van der Waals surface area contributed by atoms with Crippen molar-refractivity contribution in [2.24, 2.45) is 11.5 Å². The third kappa shape index (κ3) is 17.9. The van der Waals surface area contributed by atoms with Crippen molar-refractivity contribution in [1.29, 1.82) is 0 Å². The number of nitrogens with one attached hydrogen (secondary N) is 1. The van der Waals surface area contributed by atoms with Crippen LogP contribution in [0.25, 0.3) is 10.9 Å². The van der Waals surface area contributed by atoms with E-state index in [-0.39, 0.29) is 45.8 Å². The number of benzene rings is 2. The van der Waals surface area contributed by atoms with Crippen LogP contribution in [0.1, 0.15) is 61.8 Å². The third-order valence-electron chi connectivity index (χ3n) is 10.0. The third-order valence-corrected chi connectivity index (χ3v) is 12.5. The van der Waals surface area contributed by atoms with Crippen molar-refractivity contribution in [3.8, 4) is 5.75 Å². The Morgan fingerprint density at radius 3 is 1.81 bits per heavy atom. The SMILES string of the molecule is Cc1cc(C)c2cccc(OCc3c(Cl)ccc(S(=O)(=O)NC4(C(=O)N5CCN(C(=O)C[C@@H](N)CCCN)CC5)CCCC4)c3Cl)c2n1.O=C(O)C(F)(F)F.O=C(O)C(F)(F)F.O=C(O)C(F)(F)F. The van der Waals surface area contributed by atoms with E-state index in [9.17, 15) is 57.5 Å². The number of carboxylic acid groups (broad SMARTS) is 3. The summed E-state index contributed by atoms with van der Waals surface area (Å²) in [6.45, 7) is 5.65. The van der Waals surface area contributed by atoms with Crippen molar-refractivity contribution in [1.82, 2.24) is 19.5 Å². The predicted octanol–water partition coefficient (Wildman–Crippen LogP) is 6.36. The molecule has 1 saturated heterocycles. The first-order valence-electron chi connectivity index (χ1n) is 20.1. The number of aliphatic carboxylic acids is 3. The van der Waals surface area contributed by atoms with Gasteiger partial charge in [0.25, 0.3) is 0 Å². The maximum Gasteiger partial charge on any atom is 0.490 e. The molecule has 29 heteroatoms. The van der Waals surface area contributed by atoms with Gasteiger partial charge in [-0.2, -0.15) is 44.2 Å². The van der Waals surface area contributed by atoms with Crippen LogP contribution < -0.4 is 20.9 Å². The number of sulfonamides is 1. The molecule has 1 aliphatic carbocycles. The van der Waals surface area contributed by atoms with Crippen molar-refractivity contribution in [2.45, 2.75) is 100 Å². The maximum absolute atomic E-state index is 14.0. The summed E-state index contributed by atoms with van der Waals surface area (Å²) in [5, 5.41) is 22.5. The zero-order valence-electron chi connectivity index (χ0n) is 36.4. The number of pyridine rings is 1. The molecule has 1 atom stereocenters. The molecule has 1 saturated carbocycles. The number of rotatable bonds is 12. The summed E-state index contributed by atoms with van der Waals surface area (Å²) in [4.78, 5) is 61.3. The highest BCUT2D eigenvalue weighted by atomic mass is 35.5. The maximum atomic E-state index is 14.0. The molecule has 2 fully saturated rings. The molecular weight excluding hydrogens is 1010 g/mol. The first-order valence-corrected chi connectivity index (χ1v) is 22.4. The van der Waals surface area contributed by atoms with Crippen LogP contribution in [-0.4, -0.2) is 131 Å². The van der Waals surface area contributed by atoms with E-state index in [2.05, 4.69) is 9.71 Å². The molecule has 0 radical (unpaired) electrons. The van der Waals surface area contributed by atoms with Gasteiger partial charge in [0.15, 0.2) is 0 Å². The molecule has 0 spiro atoms. The molecule has 0 unspecified atom stereocenters. The molecule has 8 N–H and O–H groups in total. The van der Waals surface area contributed by atoms with Gasteiger partial charge in [-0.3, -0.25) is 9.59 Å². The number of ether oxygens (including phenoxy) is 1. The van der Waals surface area contributed by atoms with E-state index in [4.69, 9.17) is 69.1 Å². The second-order valence-electron chi connectivity index (χ2n) is 15.2. The lowest BCUT2D eigenvalue weighted by Crippen LogP contribution is -2.61. The lowest BCUT2D eigenvalue weighted by molar-refractivity contribution is -0.193. The Hall–Kier alpha value is -5.22. The van der Waals surface area contributed by atoms with Crippen molar-refractivity contribution in [3.05, 3.63) is 63.3 Å². The quantitative estimate of drug-likeness (QED) is 0.108. The number of aryl methyl sites for hydroxylation is 2. The summed E-state index contributed by atoms with van der Waals surface area (Å²) in [7, 11) is -4.27. The number of nitrogens with two attached hydrogens (primary N) is 2. The van der Waals surface area contributed by atoms with Crippen LogP contribution >= 0.6 is 23.2 Å². The Balaban J connectivity index is 0.000000646. The van der Waals surface area contributed by atoms with Gasteiger partial charge in [0.1, 0.15) is 28.3 Å². The number of hydrogen-bond acceptors (Lipinski definition) is 11. The molecule has 1 aliphatic heterocycles. The number of carboxylic acids is 3. The van der Waals surface area contributed by atoms with E-state index in [1.807, 2.05) is 32.0 Å². The zero-order valence-corrected chi connectivity index (χ0v) is 38.7. The Labute approximate surface area is 397 Å². The van der Waals surface area contributed by atoms with Gasteiger partial charge in [0.2, 0.25) is 21.8 Å². The Morgan fingerprint density at radius 2 is 1.33 bits per heavy atom. The number of para-hydroxylation sites is 1. The van der Waals surface area contributed by atoms with Crippen molar-refractivity contribution < 1.29 is 92.0 Å². The largest absolute Gasteiger partial charge is 0.490 e. The summed E-state index contributed by atoms with van der Waals surface area (Å²) in [6.07, 6.45) is -11.5. The number of piperazine rings is 1. The van der Waals surface area contributed by atoms with Crippen LogP contribution in [0.2, 0.25) is 10.0 Å². The standard InChI is InChI=1S/C34H44Cl2N6O5S.3C2HF3O2/c1-22-19-23(2)39-32-25(22)8-5-9-28(32)47-21-26-27(35)10-11-29(31(26)36)48(45,46)40-34(12-3-4-13-34)33(44)42-17-15-41(16-18-42)30(43)20-24(38)7-6-14-37;3*3-2(4,5)1(6)7/h5,8-11,19,24,40H,3-4,6-7,12-18,20-21,37-38H2,1-2H3;3*(H,6,7)/t24-;;;/m0.../s1. The summed E-state index contributed by atoms with van der Waals surface area (Å²) >= 11 is 13.3. The lowest BCUT2D eigenvalue weighted by atomic mass is 9.96. The Morgan fingerprint density at radius 1 is 0.841 bits per heavy atom. The molecule has 386 valence electrons. The normalized spacial score (nSPS) is 15.3. The Bertz CT molecular complexity index is 2360. The average molecular weight is 1060 g/mol. The number of aromatic nitrogens is 1. The van der Waals surface area contributed by atoms with E-state index in [0.29, 0.717) is 81.7 Å². The first kappa shape index (κ1) is 59.9. The minimum atomic E-state index is -5.08. The molecular formula is C40H47Cl2F9N6O11S. The number of fused-ring (bicyclic) bond motifs is 1. The average Bonchev–Trinajstić information content (AvgIpc) is 3.71. The summed E-state index contributed by atoms with van der Waals surface area (Å²) < 4.78 is 132. The van der Waals surface area contributed by atoms with Gasteiger partial charge >= 0.3 is 36.4 Å². The van der Waals surface area contributed by atoms with Gasteiger partial charge in [-0.05, 0) is 75.9 Å². The van der Waals surface area contributed by atoms with E-state index < -0.39 is 52.0 Å². The second-order valence-corrected chi connectivity index (χ2v) is 17.7. The Kier molecular flexibility index (Phi) is 21.8. The highest BCUT2D eigenvalue weighted by Crippen LogP contribution is 2.37. The van der Waals surface area contributed by atoms with Gasteiger partial charge in [-0.1, -0.05) is 48.2 Å². The summed E-state index contributed by atoms with van der Waals surface area (Å²) in [5.41, 5.74) is 13.2. The highest BCUT2D eigenvalue weighted by Gasteiger charge is 2.48. The second kappa shape index (κ2) is 25.1. The predicted molar refractivity (Wildman–Crippen MR) is 229 cm³/mol. The van der Waals surface area contributed by atoms with Gasteiger partial charge < -0.3 is 41.3 Å². The zero-order chi connectivity index (χ0) is 52.9. The number of amides is 2. The molecule has 17 nitrogen and oxygen atoms in total. The van der Waals surface area contributed by atoms with Crippen molar-refractivity contribution in [2.75, 3.05) is 32.7 Å². The monoisotopic (exact) mass is 1060 g/mol. The van der Waals surface area contributed by atoms with Crippen LogP contribution in [0.3, 0.4) is 0 Å². The molecule has 2 amide bonds. The van der Waals surface area contributed by atoms with Crippen LogP contribution in [-0.2, 0) is 40.6 Å². The minimum absolute atomic E-state index is 0.0537. The fraction of sp³-hybridized carbons (Fsp3) is 0.500. The van der Waals surface area contributed by atoms with Crippen LogP contribution in [0.5, 0.6) is 5.75 Å². The fourth-order valence-corrected chi connectivity index (χ4v) is 8.99. The van der Waals surface area contributed by atoms with Gasteiger partial charge in [-0.15, -0.1) is 0 Å². The number of carbonyl (C=O) groups excluding carboxylic acids is 2. The van der Waals surface area contributed by atoms with E-state index in [1.165, 1.54) is 12.1 Å². The van der Waals surface area contributed by atoms with Crippen LogP contribution in [0.15, 0.2) is 41.3 Å². The molecule has 0 bridgehead atoms. The number of halogens is 11. The molecule has 3 aromatic rings. The number of alkyl halides is 9. The highest BCUT2D eigenvalue weighted by molar-refractivity contribution is 7.89. The van der Waals surface area contributed by atoms with Crippen molar-refractivity contribution in [3.63, 3.8) is 0 Å². The lowest BCUT2D eigenvalue weighted by Gasteiger charge is -2.40. The number of hydrogen-bond donors (Lipinski definition) is 6. The molecule has 2 heterocycles. The minimum Gasteiger partial charge on any atom is -0.487 e. The molecule has 2 aromatic carbocycles. The van der Waals surface area contributed by atoms with Gasteiger partial charge in [0.05, 0.1) is 5.02 Å². The topological polar surface area (TPSA) is 273 Å². The molecule has 69 heavy (non-hydrogen) atoms. The summed E-state index contributed by atoms with van der Waals surface area (Å²) in [5.74, 6) is -8.10. The van der Waals surface area contributed by atoms with Gasteiger partial charge in [-0.25, -0.2) is 27.8 Å². The van der Waals surface area contributed by atoms with Crippen LogP contribution in [0.4, 0.5) is 39.5 Å². The van der Waals surface area contributed by atoms with E-state index in [1.54, 1.807) is 15.9 Å². The molecule has 5 rings (SSSR count). The molecule has 2 aliphatic rings. The summed E-state index contributed by atoms with van der Waals surface area (Å²) in [6, 6.07) is 10.2. The van der Waals surface area contributed by atoms with Crippen molar-refractivity contribution >= 4 is 73.9 Å². The number of nitrogens with zero attached hydrogens (tertiary/aromatic N) is 3.